The molecule has 5 nitrogen and oxygen atoms in total. The molecule has 0 bridgehead atoms. The SMILES string of the molecule is CCc1ccc(NC(=O)c2ccncc2OC)cc1N. The second-order valence-electron chi connectivity index (χ2n) is 4.30. The average Bonchev–Trinajstić information content (AvgIpc) is 2.47. The van der Waals surface area contributed by atoms with Gasteiger partial charge in [0, 0.05) is 17.6 Å². The van der Waals surface area contributed by atoms with E-state index in [1.165, 1.54) is 13.3 Å². The third kappa shape index (κ3) is 2.88. The van der Waals surface area contributed by atoms with Crippen LogP contribution in [0.2, 0.25) is 0 Å². The number of aromatic nitrogens is 1. The van der Waals surface area contributed by atoms with Crippen LogP contribution < -0.4 is 15.8 Å². The highest BCUT2D eigenvalue weighted by molar-refractivity contribution is 6.06. The lowest BCUT2D eigenvalue weighted by molar-refractivity contribution is 0.102. The van der Waals surface area contributed by atoms with Gasteiger partial charge in [-0.3, -0.25) is 9.78 Å². The minimum atomic E-state index is -0.257. The zero-order valence-electron chi connectivity index (χ0n) is 11.5. The molecule has 104 valence electrons. The first kappa shape index (κ1) is 13.9. The monoisotopic (exact) mass is 271 g/mol. The number of hydrogen-bond donors (Lipinski definition) is 2. The zero-order valence-corrected chi connectivity index (χ0v) is 11.5. The number of anilines is 2. The van der Waals surface area contributed by atoms with E-state index in [1.54, 1.807) is 18.3 Å². The molecule has 0 saturated heterocycles. The predicted molar refractivity (Wildman–Crippen MR) is 79.0 cm³/mol. The summed E-state index contributed by atoms with van der Waals surface area (Å²) < 4.78 is 5.12. The van der Waals surface area contributed by atoms with Gasteiger partial charge in [-0.05, 0) is 30.2 Å². The fourth-order valence-electron chi connectivity index (χ4n) is 1.92. The number of nitrogens with two attached hydrogens (primary N) is 1. The molecule has 1 aromatic heterocycles. The molecule has 1 aromatic carbocycles. The molecule has 0 aliphatic heterocycles. The Bertz CT molecular complexity index is 626. The van der Waals surface area contributed by atoms with Crippen LogP contribution >= 0.6 is 0 Å². The molecule has 20 heavy (non-hydrogen) atoms. The molecule has 0 saturated carbocycles. The number of amides is 1. The number of ether oxygens (including phenoxy) is 1. The molecule has 0 spiro atoms. The number of carbonyl (C=O) groups excluding carboxylic acids is 1. The number of pyridine rings is 1. The molecule has 1 amide bonds. The van der Waals surface area contributed by atoms with E-state index in [2.05, 4.69) is 10.3 Å². The van der Waals surface area contributed by atoms with E-state index in [4.69, 9.17) is 10.5 Å². The number of benzene rings is 1. The summed E-state index contributed by atoms with van der Waals surface area (Å²) in [4.78, 5) is 16.1. The van der Waals surface area contributed by atoms with Crippen molar-refractivity contribution in [2.45, 2.75) is 13.3 Å². The Morgan fingerprint density at radius 3 is 2.85 bits per heavy atom. The minimum Gasteiger partial charge on any atom is -0.494 e. The van der Waals surface area contributed by atoms with Gasteiger partial charge < -0.3 is 15.8 Å². The fraction of sp³-hybridized carbons (Fsp3) is 0.200. The van der Waals surface area contributed by atoms with Crippen molar-refractivity contribution in [3.05, 3.63) is 47.8 Å². The number of rotatable bonds is 4. The Balaban J connectivity index is 2.21. The third-order valence-electron chi connectivity index (χ3n) is 3.03. The maximum absolute atomic E-state index is 12.2. The zero-order chi connectivity index (χ0) is 14.5. The summed E-state index contributed by atoms with van der Waals surface area (Å²) in [5, 5.41) is 2.80. The summed E-state index contributed by atoms with van der Waals surface area (Å²) in [7, 11) is 1.50. The van der Waals surface area contributed by atoms with Crippen molar-refractivity contribution >= 4 is 17.3 Å². The second-order valence-corrected chi connectivity index (χ2v) is 4.30. The van der Waals surface area contributed by atoms with Crippen molar-refractivity contribution in [3.63, 3.8) is 0 Å². The number of hydrogen-bond acceptors (Lipinski definition) is 4. The van der Waals surface area contributed by atoms with Crippen molar-refractivity contribution in [2.75, 3.05) is 18.2 Å². The van der Waals surface area contributed by atoms with Gasteiger partial charge in [-0.25, -0.2) is 0 Å². The second kappa shape index (κ2) is 6.06. The van der Waals surface area contributed by atoms with Gasteiger partial charge in [0.1, 0.15) is 5.75 Å². The molecular formula is C15H17N3O2. The molecule has 2 rings (SSSR count). The number of nitrogens with zero attached hydrogens (tertiary/aromatic N) is 1. The van der Waals surface area contributed by atoms with Gasteiger partial charge in [-0.2, -0.15) is 0 Å². The Labute approximate surface area is 117 Å². The summed E-state index contributed by atoms with van der Waals surface area (Å²) in [5.41, 5.74) is 8.74. The summed E-state index contributed by atoms with van der Waals surface area (Å²) in [6.07, 6.45) is 3.91. The molecule has 2 aromatic rings. The first-order valence-electron chi connectivity index (χ1n) is 6.33. The fourth-order valence-corrected chi connectivity index (χ4v) is 1.92. The summed E-state index contributed by atoms with van der Waals surface area (Å²) >= 11 is 0. The topological polar surface area (TPSA) is 77.2 Å². The van der Waals surface area contributed by atoms with Gasteiger partial charge in [-0.1, -0.05) is 13.0 Å². The van der Waals surface area contributed by atoms with E-state index in [0.29, 0.717) is 22.7 Å². The first-order chi connectivity index (χ1) is 9.65. The molecule has 0 aliphatic rings. The van der Waals surface area contributed by atoms with Gasteiger partial charge in [0.05, 0.1) is 18.9 Å². The lowest BCUT2D eigenvalue weighted by Gasteiger charge is -2.10. The lowest BCUT2D eigenvalue weighted by Crippen LogP contribution is -2.13. The summed E-state index contributed by atoms with van der Waals surface area (Å²) in [6.45, 7) is 2.03. The molecule has 1 heterocycles. The summed E-state index contributed by atoms with van der Waals surface area (Å²) in [6, 6.07) is 7.11. The molecular weight excluding hydrogens is 254 g/mol. The van der Waals surface area contributed by atoms with E-state index in [-0.39, 0.29) is 5.91 Å². The Morgan fingerprint density at radius 1 is 1.40 bits per heavy atom. The number of nitrogen functional groups attached to an aromatic ring is 1. The van der Waals surface area contributed by atoms with Crippen molar-refractivity contribution in [3.8, 4) is 5.75 Å². The molecule has 0 unspecified atom stereocenters. The normalized spacial score (nSPS) is 10.1. The van der Waals surface area contributed by atoms with Gasteiger partial charge in [0.15, 0.2) is 0 Å². The maximum Gasteiger partial charge on any atom is 0.259 e. The van der Waals surface area contributed by atoms with Crippen LogP contribution in [0.5, 0.6) is 5.75 Å². The number of nitrogens with one attached hydrogen (secondary N) is 1. The van der Waals surface area contributed by atoms with Gasteiger partial charge >= 0.3 is 0 Å². The molecule has 3 N–H and O–H groups in total. The van der Waals surface area contributed by atoms with Crippen molar-refractivity contribution in [1.82, 2.24) is 4.98 Å². The van der Waals surface area contributed by atoms with Gasteiger partial charge in [0.2, 0.25) is 0 Å². The van der Waals surface area contributed by atoms with Gasteiger partial charge in [-0.15, -0.1) is 0 Å². The van der Waals surface area contributed by atoms with Crippen molar-refractivity contribution < 1.29 is 9.53 Å². The molecule has 0 aliphatic carbocycles. The summed E-state index contributed by atoms with van der Waals surface area (Å²) in [5.74, 6) is 0.177. The van der Waals surface area contributed by atoms with Crippen LogP contribution in [0.4, 0.5) is 11.4 Å². The van der Waals surface area contributed by atoms with Crippen molar-refractivity contribution in [2.24, 2.45) is 0 Å². The molecule has 0 fully saturated rings. The van der Waals surface area contributed by atoms with E-state index < -0.39 is 0 Å². The van der Waals surface area contributed by atoms with Crippen LogP contribution in [0.3, 0.4) is 0 Å². The van der Waals surface area contributed by atoms with Crippen LogP contribution in [0.1, 0.15) is 22.8 Å². The Hall–Kier alpha value is -2.56. The van der Waals surface area contributed by atoms with Crippen LogP contribution in [0.25, 0.3) is 0 Å². The maximum atomic E-state index is 12.2. The van der Waals surface area contributed by atoms with E-state index in [9.17, 15) is 4.79 Å². The Kier molecular flexibility index (Phi) is 4.20. The van der Waals surface area contributed by atoms with Crippen LogP contribution in [-0.2, 0) is 6.42 Å². The minimum absolute atomic E-state index is 0.257. The lowest BCUT2D eigenvalue weighted by atomic mass is 10.1. The van der Waals surface area contributed by atoms with Crippen LogP contribution in [0.15, 0.2) is 36.7 Å². The highest BCUT2D eigenvalue weighted by Crippen LogP contribution is 2.21. The van der Waals surface area contributed by atoms with E-state index in [1.807, 2.05) is 19.1 Å². The third-order valence-corrected chi connectivity index (χ3v) is 3.03. The highest BCUT2D eigenvalue weighted by atomic mass is 16.5. The standard InChI is InChI=1S/C15H17N3O2/c1-3-10-4-5-11(8-13(10)16)18-15(19)12-6-7-17-9-14(12)20-2/h4-9H,3,16H2,1-2H3,(H,18,19). The van der Waals surface area contributed by atoms with E-state index >= 15 is 0 Å². The number of carbonyl (C=O) groups is 1. The highest BCUT2D eigenvalue weighted by Gasteiger charge is 2.12. The Morgan fingerprint density at radius 2 is 2.20 bits per heavy atom. The smallest absolute Gasteiger partial charge is 0.259 e. The predicted octanol–water partition coefficient (Wildman–Crippen LogP) is 2.49. The molecule has 0 radical (unpaired) electrons. The van der Waals surface area contributed by atoms with Crippen molar-refractivity contribution in [1.29, 1.82) is 0 Å². The first-order valence-corrected chi connectivity index (χ1v) is 6.33. The van der Waals surface area contributed by atoms with Gasteiger partial charge in [0.25, 0.3) is 5.91 Å². The van der Waals surface area contributed by atoms with Crippen LogP contribution in [0, 0.1) is 0 Å². The van der Waals surface area contributed by atoms with Crippen LogP contribution in [-0.4, -0.2) is 18.0 Å². The van der Waals surface area contributed by atoms with E-state index in [0.717, 1.165) is 12.0 Å². The molecule has 5 heteroatoms. The average molecular weight is 271 g/mol. The quantitative estimate of drug-likeness (QED) is 0.837. The largest absolute Gasteiger partial charge is 0.494 e. The molecule has 0 atom stereocenters. The number of methoxy groups -OCH3 is 1. The number of aryl methyl sites for hydroxylation is 1.